The molecule has 1 spiro atoms. The molecule has 2 fully saturated rings. The Kier molecular flexibility index (Phi) is 8.49. The van der Waals surface area contributed by atoms with Crippen LogP contribution in [0.25, 0.3) is 33.3 Å². The van der Waals surface area contributed by atoms with Gasteiger partial charge in [-0.1, -0.05) is 41.9 Å². The lowest BCUT2D eigenvalue weighted by molar-refractivity contribution is -0.141. The molecule has 5 aromatic rings. The van der Waals surface area contributed by atoms with Gasteiger partial charge in [0, 0.05) is 62.1 Å². The maximum absolute atomic E-state index is 14.0. The van der Waals surface area contributed by atoms with Gasteiger partial charge in [-0.25, -0.2) is 19.6 Å². The second-order valence-electron chi connectivity index (χ2n) is 14.2. The molecule has 280 valence electrons. The molecule has 2 atom stereocenters. The van der Waals surface area contributed by atoms with Gasteiger partial charge in [-0.05, 0) is 61.1 Å². The molecule has 3 aliphatic rings. The SMILES string of the molecule is COc1nc(-c2cccc(-c3cccc(Nc4nc(C(F)(F)F)cc5c4c(=O)n(C)c(=O)n5C)c3C)c2Cl)cc2c1[C@H](N1CC[C@@]3(CNC(=O)N3)C1)CC2. The van der Waals surface area contributed by atoms with Crippen LogP contribution in [0.4, 0.5) is 29.5 Å². The van der Waals surface area contributed by atoms with Gasteiger partial charge in [0.05, 0.1) is 28.9 Å². The van der Waals surface area contributed by atoms with Gasteiger partial charge < -0.3 is 20.7 Å². The number of rotatable bonds is 6. The minimum atomic E-state index is -4.84. The first-order valence-corrected chi connectivity index (χ1v) is 17.8. The minimum Gasteiger partial charge on any atom is -0.481 e. The van der Waals surface area contributed by atoms with E-state index in [-0.39, 0.29) is 34.3 Å². The highest BCUT2D eigenvalue weighted by Crippen LogP contribution is 2.46. The zero-order chi connectivity index (χ0) is 38.3. The molecule has 2 aromatic carbocycles. The van der Waals surface area contributed by atoms with Crippen LogP contribution in [0, 0.1) is 6.92 Å². The Morgan fingerprint density at radius 2 is 1.76 bits per heavy atom. The first-order chi connectivity index (χ1) is 25.7. The van der Waals surface area contributed by atoms with Crippen LogP contribution < -0.4 is 31.9 Å². The molecule has 0 saturated carbocycles. The Bertz CT molecular complexity index is 2520. The second kappa shape index (κ2) is 12.9. The number of aryl methyl sites for hydroxylation is 2. The standard InChI is InChI=1S/C38H36ClF3N8O4/c1-19-21(7-6-10-24(19)44-32-30-27(16-28(46-32)38(40,41)42)48(2)36(53)49(3)34(30)51)22-8-5-9-23(31(22)39)25-15-20-11-12-26(29(20)33(45-25)54-4)50-14-13-37(18-50)17-43-35(52)47-37/h5-10,15-16,26H,11-14,17-18H2,1-4H3,(H,44,46)(H2,43,47,52)/t26-,37-/m1/s1. The Balaban J connectivity index is 1.15. The lowest BCUT2D eigenvalue weighted by atomic mass is 9.96. The number of pyridine rings is 2. The van der Waals surface area contributed by atoms with Crippen molar-refractivity contribution in [3.63, 3.8) is 0 Å². The number of nitrogens with one attached hydrogen (secondary N) is 3. The number of ether oxygens (including phenoxy) is 1. The van der Waals surface area contributed by atoms with Crippen LogP contribution in [-0.2, 0) is 26.7 Å². The van der Waals surface area contributed by atoms with Crippen LogP contribution in [0.15, 0.2) is 58.1 Å². The van der Waals surface area contributed by atoms with Crippen molar-refractivity contribution in [1.29, 1.82) is 0 Å². The normalized spacial score (nSPS) is 19.7. The van der Waals surface area contributed by atoms with Crippen molar-refractivity contribution in [2.75, 3.05) is 32.1 Å². The summed E-state index contributed by atoms with van der Waals surface area (Å²) in [7, 11) is 4.16. The summed E-state index contributed by atoms with van der Waals surface area (Å²) in [5.74, 6) is 0.186. The summed E-state index contributed by atoms with van der Waals surface area (Å²) in [6, 6.07) is 13.5. The number of alkyl halides is 3. The molecule has 0 bridgehead atoms. The third-order valence-corrected chi connectivity index (χ3v) is 11.4. The highest BCUT2D eigenvalue weighted by molar-refractivity contribution is 6.36. The molecule has 2 saturated heterocycles. The number of hydrogen-bond donors (Lipinski definition) is 3. The van der Waals surface area contributed by atoms with Crippen LogP contribution in [0.3, 0.4) is 0 Å². The molecular formula is C38H36ClF3N8O4. The molecule has 2 aliphatic heterocycles. The lowest BCUT2D eigenvalue weighted by Crippen LogP contribution is -2.46. The minimum absolute atomic E-state index is 0.0987. The van der Waals surface area contributed by atoms with Crippen molar-refractivity contribution in [3.05, 3.63) is 96.8 Å². The number of anilines is 2. The van der Waals surface area contributed by atoms with Gasteiger partial charge in [0.2, 0.25) is 5.88 Å². The summed E-state index contributed by atoms with van der Waals surface area (Å²) in [5.41, 5.74) is 2.55. The van der Waals surface area contributed by atoms with Crippen molar-refractivity contribution in [2.45, 2.75) is 43.9 Å². The van der Waals surface area contributed by atoms with Crippen molar-refractivity contribution in [3.8, 4) is 28.3 Å². The van der Waals surface area contributed by atoms with Crippen LogP contribution in [-0.4, -0.2) is 62.3 Å². The van der Waals surface area contributed by atoms with E-state index in [2.05, 4.69) is 31.9 Å². The van der Waals surface area contributed by atoms with Crippen molar-refractivity contribution in [1.82, 2.24) is 34.6 Å². The van der Waals surface area contributed by atoms with Crippen LogP contribution in [0.1, 0.15) is 41.3 Å². The van der Waals surface area contributed by atoms with Gasteiger partial charge in [-0.3, -0.25) is 18.8 Å². The van der Waals surface area contributed by atoms with Gasteiger partial charge >= 0.3 is 17.9 Å². The van der Waals surface area contributed by atoms with Crippen LogP contribution in [0.2, 0.25) is 5.02 Å². The monoisotopic (exact) mass is 760 g/mol. The summed E-state index contributed by atoms with van der Waals surface area (Å²) in [6.07, 6.45) is -2.28. The number of urea groups is 1. The molecule has 2 amide bonds. The first kappa shape index (κ1) is 35.6. The highest BCUT2D eigenvalue weighted by atomic mass is 35.5. The molecule has 54 heavy (non-hydrogen) atoms. The van der Waals surface area contributed by atoms with Crippen molar-refractivity contribution < 1.29 is 22.7 Å². The third kappa shape index (κ3) is 5.77. The van der Waals surface area contributed by atoms with Gasteiger partial charge in [0.1, 0.15) is 16.9 Å². The maximum atomic E-state index is 14.0. The maximum Gasteiger partial charge on any atom is 0.433 e. The number of halogens is 4. The molecule has 3 aromatic heterocycles. The Hall–Kier alpha value is -5.41. The Labute approximate surface area is 311 Å². The summed E-state index contributed by atoms with van der Waals surface area (Å²) >= 11 is 7.18. The quantitative estimate of drug-likeness (QED) is 0.197. The van der Waals surface area contributed by atoms with Crippen LogP contribution >= 0.6 is 11.6 Å². The molecule has 0 unspecified atom stereocenters. The van der Waals surface area contributed by atoms with E-state index >= 15 is 0 Å². The molecule has 3 N–H and O–H groups in total. The average Bonchev–Trinajstić information content (AvgIpc) is 3.87. The second-order valence-corrected chi connectivity index (χ2v) is 14.6. The van der Waals surface area contributed by atoms with E-state index in [0.717, 1.165) is 52.6 Å². The molecule has 1 aliphatic carbocycles. The number of nitrogens with zero attached hydrogens (tertiary/aromatic N) is 5. The van der Waals surface area contributed by atoms with E-state index in [0.29, 0.717) is 57.1 Å². The highest BCUT2D eigenvalue weighted by Gasteiger charge is 2.47. The van der Waals surface area contributed by atoms with Crippen molar-refractivity contribution in [2.24, 2.45) is 14.1 Å². The van der Waals surface area contributed by atoms with Gasteiger partial charge in [0.15, 0.2) is 0 Å². The number of benzene rings is 2. The zero-order valence-electron chi connectivity index (χ0n) is 29.8. The predicted molar refractivity (Wildman–Crippen MR) is 198 cm³/mol. The molecule has 12 nitrogen and oxygen atoms in total. The van der Waals surface area contributed by atoms with E-state index in [1.165, 1.54) is 14.1 Å². The molecule has 8 rings (SSSR count). The van der Waals surface area contributed by atoms with Gasteiger partial charge in [0.25, 0.3) is 5.56 Å². The van der Waals surface area contributed by atoms with E-state index in [1.807, 2.05) is 24.3 Å². The van der Waals surface area contributed by atoms with E-state index in [1.54, 1.807) is 26.2 Å². The number of fused-ring (bicyclic) bond motifs is 2. The average molecular weight is 761 g/mol. The number of aromatic nitrogens is 4. The number of hydrogen-bond acceptors (Lipinski definition) is 8. The Morgan fingerprint density at radius 3 is 2.48 bits per heavy atom. The summed E-state index contributed by atoms with van der Waals surface area (Å²) < 4.78 is 49.7. The van der Waals surface area contributed by atoms with Crippen LogP contribution in [0.5, 0.6) is 5.88 Å². The first-order valence-electron chi connectivity index (χ1n) is 17.4. The number of carbonyl (C=O) groups is 1. The fraction of sp³-hybridized carbons (Fsp3) is 0.342. The number of carbonyl (C=O) groups excluding carboxylic acids is 1. The topological polar surface area (TPSA) is 135 Å². The predicted octanol–water partition coefficient (Wildman–Crippen LogP) is 5.84. The van der Waals surface area contributed by atoms with E-state index in [4.69, 9.17) is 21.3 Å². The third-order valence-electron chi connectivity index (χ3n) is 11.0. The molecule has 0 radical (unpaired) electrons. The fourth-order valence-electron chi connectivity index (χ4n) is 8.19. The summed E-state index contributed by atoms with van der Waals surface area (Å²) in [5, 5.41) is 9.22. The smallest absolute Gasteiger partial charge is 0.433 e. The number of likely N-dealkylation sites (tertiary alicyclic amines) is 1. The molecule has 5 heterocycles. The summed E-state index contributed by atoms with van der Waals surface area (Å²) in [4.78, 5) is 49.0. The largest absolute Gasteiger partial charge is 0.481 e. The Morgan fingerprint density at radius 1 is 1.02 bits per heavy atom. The molecule has 16 heteroatoms. The fourth-order valence-corrected chi connectivity index (χ4v) is 8.51. The zero-order valence-corrected chi connectivity index (χ0v) is 30.6. The van der Waals surface area contributed by atoms with E-state index < -0.39 is 23.1 Å². The van der Waals surface area contributed by atoms with E-state index in [9.17, 15) is 27.6 Å². The number of methoxy groups -OCH3 is 1. The molecular weight excluding hydrogens is 725 g/mol. The van der Waals surface area contributed by atoms with Crippen molar-refractivity contribution >= 4 is 40.0 Å². The van der Waals surface area contributed by atoms with Gasteiger partial charge in [-0.15, -0.1) is 0 Å². The lowest BCUT2D eigenvalue weighted by Gasteiger charge is -2.28. The number of amides is 2. The van der Waals surface area contributed by atoms with Gasteiger partial charge in [-0.2, -0.15) is 13.2 Å². The summed E-state index contributed by atoms with van der Waals surface area (Å²) in [6.45, 7) is 3.97.